The number of hydrogen-bond acceptors (Lipinski definition) is 12. The van der Waals surface area contributed by atoms with E-state index in [-0.39, 0.29) is 71.7 Å². The van der Waals surface area contributed by atoms with Gasteiger partial charge in [-0.3, -0.25) is 19.2 Å². The van der Waals surface area contributed by atoms with E-state index in [2.05, 4.69) is 28.2 Å². The molecular formula is C42H39F7N8O4S4. The van der Waals surface area contributed by atoms with Crippen LogP contribution in [-0.4, -0.2) is 64.6 Å². The lowest BCUT2D eigenvalue weighted by atomic mass is 9.84. The van der Waals surface area contributed by atoms with Crippen LogP contribution in [0.25, 0.3) is 0 Å². The third-order valence-electron chi connectivity index (χ3n) is 11.6. The first-order valence-electron chi connectivity index (χ1n) is 20.2. The normalized spacial score (nSPS) is 20.2. The van der Waals surface area contributed by atoms with Crippen molar-refractivity contribution in [1.29, 1.82) is 0 Å². The summed E-state index contributed by atoms with van der Waals surface area (Å²) in [6.07, 6.45) is -2.44. The van der Waals surface area contributed by atoms with Crippen LogP contribution in [0.15, 0.2) is 101 Å². The Hall–Kier alpha value is -5.07. The van der Waals surface area contributed by atoms with Crippen LogP contribution < -0.4 is 9.44 Å². The zero-order valence-corrected chi connectivity index (χ0v) is 37.2. The number of likely N-dealkylation sites (tertiary alicyclic amines) is 2. The third-order valence-corrected chi connectivity index (χ3v) is 15.9. The lowest BCUT2D eigenvalue weighted by molar-refractivity contribution is -0.190. The SMILES string of the molecule is O=S(=O)(Nc1ncns1)c1cc(F)c(CN2CC[C@@H](Cc3nsc(NS(=O)(=O)c4cc(F)c(CN5CC[C@H](C(F)(F)F)C[C@@H]5c5ccccc5)cc4F)n3)C[C@H]2c2ccccc2)cc1F. The van der Waals surface area contributed by atoms with Crippen LogP contribution in [-0.2, 0) is 39.6 Å². The lowest BCUT2D eigenvalue weighted by Gasteiger charge is -2.40. The van der Waals surface area contributed by atoms with Crippen LogP contribution in [0.3, 0.4) is 0 Å². The van der Waals surface area contributed by atoms with Crippen LogP contribution in [0.5, 0.6) is 0 Å². The van der Waals surface area contributed by atoms with Crippen LogP contribution in [0.2, 0.25) is 0 Å². The van der Waals surface area contributed by atoms with Gasteiger partial charge in [-0.2, -0.15) is 21.9 Å². The Balaban J connectivity index is 0.928. The Bertz CT molecular complexity index is 2840. The summed E-state index contributed by atoms with van der Waals surface area (Å²) in [5, 5.41) is -0.302. The Morgan fingerprint density at radius 3 is 1.71 bits per heavy atom. The number of aromatic nitrogens is 4. The molecule has 0 bridgehead atoms. The van der Waals surface area contributed by atoms with Gasteiger partial charge in [-0.05, 0) is 80.1 Å². The average Bonchev–Trinajstić information content (AvgIpc) is 3.95. The van der Waals surface area contributed by atoms with Crippen LogP contribution in [0.4, 0.5) is 41.0 Å². The van der Waals surface area contributed by atoms with Crippen molar-refractivity contribution in [3.05, 3.63) is 143 Å². The van der Waals surface area contributed by atoms with Crippen molar-refractivity contribution >= 4 is 53.4 Å². The van der Waals surface area contributed by atoms with Crippen molar-refractivity contribution in [3.63, 3.8) is 0 Å². The molecule has 23 heteroatoms. The van der Waals surface area contributed by atoms with E-state index in [4.69, 9.17) is 0 Å². The molecule has 2 fully saturated rings. The maximum absolute atomic E-state index is 15.6. The van der Waals surface area contributed by atoms with Crippen molar-refractivity contribution in [2.24, 2.45) is 11.8 Å². The molecule has 65 heavy (non-hydrogen) atoms. The molecule has 12 nitrogen and oxygen atoms in total. The molecule has 0 amide bonds. The molecule has 4 aromatic carbocycles. The molecule has 0 saturated carbocycles. The molecule has 2 aliphatic rings. The van der Waals surface area contributed by atoms with Crippen molar-refractivity contribution in [2.45, 2.75) is 73.2 Å². The molecule has 4 heterocycles. The lowest BCUT2D eigenvalue weighted by Crippen LogP contribution is -2.41. The highest BCUT2D eigenvalue weighted by molar-refractivity contribution is 7.93. The number of anilines is 2. The van der Waals surface area contributed by atoms with Gasteiger partial charge in [0.25, 0.3) is 20.0 Å². The van der Waals surface area contributed by atoms with Crippen molar-refractivity contribution in [2.75, 3.05) is 22.5 Å². The second-order valence-electron chi connectivity index (χ2n) is 15.9. The summed E-state index contributed by atoms with van der Waals surface area (Å²) < 4.78 is 168. The smallest absolute Gasteiger partial charge is 0.292 e. The van der Waals surface area contributed by atoms with E-state index in [1.54, 1.807) is 35.2 Å². The number of nitrogens with one attached hydrogen (secondary N) is 2. The van der Waals surface area contributed by atoms with E-state index >= 15 is 17.6 Å². The summed E-state index contributed by atoms with van der Waals surface area (Å²) in [6, 6.07) is 19.5. The highest BCUT2D eigenvalue weighted by atomic mass is 32.2. The summed E-state index contributed by atoms with van der Waals surface area (Å²) in [4.78, 5) is 9.78. The molecule has 0 unspecified atom stereocenters. The number of hydrogen-bond donors (Lipinski definition) is 2. The van der Waals surface area contributed by atoms with Crippen LogP contribution >= 0.6 is 23.1 Å². The summed E-state index contributed by atoms with van der Waals surface area (Å²) in [5.41, 5.74) is 1.21. The zero-order valence-electron chi connectivity index (χ0n) is 33.9. The second-order valence-corrected chi connectivity index (χ2v) is 20.7. The minimum absolute atomic E-state index is 0.0459. The molecule has 2 aromatic heterocycles. The fourth-order valence-corrected chi connectivity index (χ4v) is 12.1. The molecule has 6 aromatic rings. The topological polar surface area (TPSA) is 150 Å². The minimum atomic E-state index is -4.73. The summed E-state index contributed by atoms with van der Waals surface area (Å²) in [5.74, 6) is -5.72. The number of nitrogens with zero attached hydrogens (tertiary/aromatic N) is 6. The predicted octanol–water partition coefficient (Wildman–Crippen LogP) is 9.26. The Kier molecular flexibility index (Phi) is 13.6. The molecule has 0 radical (unpaired) electrons. The van der Waals surface area contributed by atoms with Gasteiger partial charge in [0.15, 0.2) is 0 Å². The Morgan fingerprint density at radius 2 is 1.18 bits per heavy atom. The van der Waals surface area contributed by atoms with Gasteiger partial charge < -0.3 is 0 Å². The monoisotopic (exact) mass is 980 g/mol. The number of sulfonamides is 2. The van der Waals surface area contributed by atoms with Gasteiger partial charge in [-0.25, -0.2) is 44.4 Å². The molecule has 8 rings (SSSR count). The van der Waals surface area contributed by atoms with Crippen LogP contribution in [0.1, 0.15) is 65.8 Å². The summed E-state index contributed by atoms with van der Waals surface area (Å²) >= 11 is 1.44. The van der Waals surface area contributed by atoms with E-state index in [0.29, 0.717) is 55.0 Å². The quantitative estimate of drug-likeness (QED) is 0.101. The average molecular weight is 981 g/mol. The number of halogens is 7. The van der Waals surface area contributed by atoms with E-state index < -0.39 is 71.2 Å². The van der Waals surface area contributed by atoms with Crippen molar-refractivity contribution in [3.8, 4) is 0 Å². The minimum Gasteiger partial charge on any atom is -0.292 e. The fourth-order valence-electron chi connectivity index (χ4n) is 8.43. The van der Waals surface area contributed by atoms with Gasteiger partial charge in [-0.1, -0.05) is 60.7 Å². The Labute approximate surface area is 378 Å². The molecule has 4 atom stereocenters. The molecule has 0 spiro atoms. The van der Waals surface area contributed by atoms with Gasteiger partial charge in [0.2, 0.25) is 10.3 Å². The van der Waals surface area contributed by atoms with Gasteiger partial charge in [-0.15, -0.1) is 0 Å². The third kappa shape index (κ3) is 10.8. The van der Waals surface area contributed by atoms with Gasteiger partial charge >= 0.3 is 6.18 Å². The summed E-state index contributed by atoms with van der Waals surface area (Å²) in [6.45, 7) is 0.0561. The van der Waals surface area contributed by atoms with Crippen LogP contribution in [0, 0.1) is 35.1 Å². The number of piperidine rings is 2. The first-order chi connectivity index (χ1) is 30.9. The molecular weight excluding hydrogens is 942 g/mol. The predicted molar refractivity (Wildman–Crippen MR) is 229 cm³/mol. The number of alkyl halides is 3. The largest absolute Gasteiger partial charge is 0.391 e. The highest BCUT2D eigenvalue weighted by Crippen LogP contribution is 2.43. The van der Waals surface area contributed by atoms with E-state index in [0.717, 1.165) is 35.6 Å². The second kappa shape index (κ2) is 19.0. The van der Waals surface area contributed by atoms with Gasteiger partial charge in [0.05, 0.1) is 5.92 Å². The Morgan fingerprint density at radius 1 is 0.662 bits per heavy atom. The maximum atomic E-state index is 15.6. The fraction of sp³-hybridized carbons (Fsp3) is 0.333. The first-order valence-corrected chi connectivity index (χ1v) is 24.7. The standard InChI is InChI=1S/C42H39F7N8O4S4/c43-31-20-37(64(58,59)54-40-50-24-51-62-40)33(45)17-28(31)22-56-13-11-25(15-35(56)26-7-3-1-4-8-26)16-39-52-41(63-53-39)55-65(60,61)38-21-32(44)29(18-34(38)46)23-57-14-12-30(42(47,48)49)19-36(57)27-9-5-2-6-10-27/h1-10,17-18,20-21,24-25,30,35-36H,11-16,19,22-23H2,(H,50,51,54)(H,52,53,55)/t25-,30+,35+,36-/m1/s1. The van der Waals surface area contributed by atoms with Gasteiger partial charge in [0, 0.05) is 65.8 Å². The molecule has 0 aliphatic carbocycles. The molecule has 344 valence electrons. The molecule has 2 aliphatic heterocycles. The van der Waals surface area contributed by atoms with Gasteiger partial charge in [0.1, 0.15) is 45.2 Å². The van der Waals surface area contributed by atoms with E-state index in [9.17, 15) is 30.0 Å². The first kappa shape index (κ1) is 46.5. The maximum Gasteiger partial charge on any atom is 0.391 e. The molecule has 2 N–H and O–H groups in total. The van der Waals surface area contributed by atoms with E-state index in [1.165, 1.54) is 0 Å². The number of rotatable bonds is 14. The highest BCUT2D eigenvalue weighted by Gasteiger charge is 2.45. The summed E-state index contributed by atoms with van der Waals surface area (Å²) in [7, 11) is -9.23. The van der Waals surface area contributed by atoms with E-state index in [1.807, 2.05) is 35.2 Å². The molecule has 2 saturated heterocycles. The van der Waals surface area contributed by atoms with Crippen molar-refractivity contribution < 1.29 is 47.6 Å². The number of benzene rings is 4. The van der Waals surface area contributed by atoms with Crippen molar-refractivity contribution in [1.82, 2.24) is 28.5 Å². The zero-order chi connectivity index (χ0) is 46.1.